The Morgan fingerprint density at radius 1 is 1.32 bits per heavy atom. The van der Waals surface area contributed by atoms with Gasteiger partial charge < -0.3 is 20.3 Å². The van der Waals surface area contributed by atoms with E-state index in [0.717, 1.165) is 0 Å². The number of benzene rings is 1. The smallest absolute Gasteiger partial charge is 0.255 e. The molecule has 7 heteroatoms. The van der Waals surface area contributed by atoms with Crippen molar-refractivity contribution in [2.45, 2.75) is 31.8 Å². The summed E-state index contributed by atoms with van der Waals surface area (Å²) in [5.74, 6) is 0.159. The first-order chi connectivity index (χ1) is 12.0. The normalized spacial score (nSPS) is 23.2. The van der Waals surface area contributed by atoms with Gasteiger partial charge in [-0.15, -0.1) is 0 Å². The lowest BCUT2D eigenvalue weighted by Gasteiger charge is -2.32. The molecule has 2 N–H and O–H groups in total. The molecule has 7 nitrogen and oxygen atoms in total. The molecule has 2 aliphatic heterocycles. The minimum absolute atomic E-state index is 0.0596. The molecule has 25 heavy (non-hydrogen) atoms. The molecule has 0 unspecified atom stereocenters. The van der Waals surface area contributed by atoms with Crippen LogP contribution in [0.5, 0.6) is 5.75 Å². The molecule has 0 aromatic heterocycles. The first kappa shape index (κ1) is 17.3. The van der Waals surface area contributed by atoms with Crippen LogP contribution in [0.15, 0.2) is 24.3 Å². The average molecular weight is 345 g/mol. The summed E-state index contributed by atoms with van der Waals surface area (Å²) in [6.07, 6.45) is 1.36. The van der Waals surface area contributed by atoms with Gasteiger partial charge in [0.2, 0.25) is 11.8 Å². The zero-order chi connectivity index (χ0) is 17.9. The number of likely N-dealkylation sites (N-methyl/N-ethyl adjacent to an activating group) is 1. The van der Waals surface area contributed by atoms with Crippen molar-refractivity contribution in [1.29, 1.82) is 0 Å². The highest BCUT2D eigenvalue weighted by Crippen LogP contribution is 2.33. The van der Waals surface area contributed by atoms with Gasteiger partial charge in [0.1, 0.15) is 11.4 Å². The number of nitrogens with one attached hydrogen (secondary N) is 2. The molecule has 1 fully saturated rings. The van der Waals surface area contributed by atoms with E-state index in [0.29, 0.717) is 43.8 Å². The lowest BCUT2D eigenvalue weighted by molar-refractivity contribution is -0.135. The summed E-state index contributed by atoms with van der Waals surface area (Å²) in [5, 5.41) is 5.62. The lowest BCUT2D eigenvalue weighted by atomic mass is 9.94. The van der Waals surface area contributed by atoms with Crippen LogP contribution in [0.1, 0.15) is 36.5 Å². The highest BCUT2D eigenvalue weighted by Gasteiger charge is 2.40. The highest BCUT2D eigenvalue weighted by molar-refractivity contribution is 5.97. The molecular formula is C18H23N3O4. The van der Waals surface area contributed by atoms with Crippen LogP contribution in [0.4, 0.5) is 0 Å². The van der Waals surface area contributed by atoms with E-state index >= 15 is 0 Å². The average Bonchev–Trinajstić information content (AvgIpc) is 2.84. The molecule has 2 aliphatic rings. The first-order valence-corrected chi connectivity index (χ1v) is 8.64. The SMILES string of the molecule is CCNC(=O)CN1CC[C@@]2(CCC1=O)CNC(=O)c1ccccc1O2. The van der Waals surface area contributed by atoms with E-state index in [-0.39, 0.29) is 30.7 Å². The van der Waals surface area contributed by atoms with Crippen molar-refractivity contribution in [3.05, 3.63) is 29.8 Å². The van der Waals surface area contributed by atoms with E-state index in [4.69, 9.17) is 4.74 Å². The van der Waals surface area contributed by atoms with Crippen molar-refractivity contribution in [2.75, 3.05) is 26.2 Å². The molecule has 3 amide bonds. The summed E-state index contributed by atoms with van der Waals surface area (Å²) in [5.41, 5.74) is -0.123. The number of carbonyl (C=O) groups excluding carboxylic acids is 3. The van der Waals surface area contributed by atoms with E-state index < -0.39 is 5.60 Å². The summed E-state index contributed by atoms with van der Waals surface area (Å²) >= 11 is 0. The highest BCUT2D eigenvalue weighted by atomic mass is 16.5. The maximum Gasteiger partial charge on any atom is 0.255 e. The summed E-state index contributed by atoms with van der Waals surface area (Å²) in [6.45, 7) is 3.22. The Kier molecular flexibility index (Phi) is 4.92. The van der Waals surface area contributed by atoms with Gasteiger partial charge in [0.05, 0.1) is 18.7 Å². The maximum atomic E-state index is 12.4. The number of fused-ring (bicyclic) bond motifs is 1. The zero-order valence-electron chi connectivity index (χ0n) is 14.3. The molecule has 1 aromatic carbocycles. The van der Waals surface area contributed by atoms with Crippen molar-refractivity contribution in [3.8, 4) is 5.75 Å². The quantitative estimate of drug-likeness (QED) is 0.844. The lowest BCUT2D eigenvalue weighted by Crippen LogP contribution is -2.46. The molecular weight excluding hydrogens is 322 g/mol. The molecule has 1 atom stereocenters. The Morgan fingerprint density at radius 2 is 2.12 bits per heavy atom. The molecule has 2 heterocycles. The third kappa shape index (κ3) is 3.75. The Bertz CT molecular complexity index is 691. The predicted octanol–water partition coefficient (Wildman–Crippen LogP) is 0.696. The van der Waals surface area contributed by atoms with Crippen LogP contribution in [-0.2, 0) is 9.59 Å². The molecule has 0 aliphatic carbocycles. The number of para-hydroxylation sites is 1. The van der Waals surface area contributed by atoms with Crippen LogP contribution >= 0.6 is 0 Å². The molecule has 1 aromatic rings. The molecule has 0 radical (unpaired) electrons. The second-order valence-electron chi connectivity index (χ2n) is 6.48. The number of amides is 3. The van der Waals surface area contributed by atoms with Crippen LogP contribution in [-0.4, -0.2) is 54.4 Å². The van der Waals surface area contributed by atoms with Gasteiger partial charge in [-0.25, -0.2) is 0 Å². The van der Waals surface area contributed by atoms with Crippen LogP contribution in [0.2, 0.25) is 0 Å². The number of hydrogen-bond donors (Lipinski definition) is 2. The fraction of sp³-hybridized carbons (Fsp3) is 0.500. The minimum Gasteiger partial charge on any atom is -0.485 e. The maximum absolute atomic E-state index is 12.4. The van der Waals surface area contributed by atoms with E-state index in [2.05, 4.69) is 10.6 Å². The van der Waals surface area contributed by atoms with E-state index in [1.165, 1.54) is 0 Å². The van der Waals surface area contributed by atoms with Gasteiger partial charge in [0.15, 0.2) is 0 Å². The van der Waals surface area contributed by atoms with Crippen LogP contribution in [0, 0.1) is 0 Å². The monoisotopic (exact) mass is 345 g/mol. The number of nitrogens with zero attached hydrogens (tertiary/aromatic N) is 1. The van der Waals surface area contributed by atoms with Crippen LogP contribution < -0.4 is 15.4 Å². The van der Waals surface area contributed by atoms with Gasteiger partial charge in [-0.1, -0.05) is 12.1 Å². The van der Waals surface area contributed by atoms with Crippen LogP contribution in [0.3, 0.4) is 0 Å². The number of ether oxygens (including phenoxy) is 1. The number of likely N-dealkylation sites (tertiary alicyclic amines) is 1. The molecule has 134 valence electrons. The number of hydrogen-bond acceptors (Lipinski definition) is 4. The van der Waals surface area contributed by atoms with E-state index in [9.17, 15) is 14.4 Å². The zero-order valence-corrected chi connectivity index (χ0v) is 14.3. The fourth-order valence-electron chi connectivity index (χ4n) is 3.30. The summed E-state index contributed by atoms with van der Waals surface area (Å²) in [6, 6.07) is 7.13. The third-order valence-electron chi connectivity index (χ3n) is 4.72. The van der Waals surface area contributed by atoms with Crippen molar-refractivity contribution >= 4 is 17.7 Å². The van der Waals surface area contributed by atoms with Crippen molar-refractivity contribution in [3.63, 3.8) is 0 Å². The van der Waals surface area contributed by atoms with Gasteiger partial charge in [-0.2, -0.15) is 0 Å². The summed E-state index contributed by atoms with van der Waals surface area (Å²) in [7, 11) is 0. The first-order valence-electron chi connectivity index (χ1n) is 8.64. The minimum atomic E-state index is -0.631. The van der Waals surface area contributed by atoms with Gasteiger partial charge >= 0.3 is 0 Å². The van der Waals surface area contributed by atoms with E-state index in [1.807, 2.05) is 13.0 Å². The van der Waals surface area contributed by atoms with Crippen LogP contribution in [0.25, 0.3) is 0 Å². The molecule has 1 saturated heterocycles. The second-order valence-corrected chi connectivity index (χ2v) is 6.48. The van der Waals surface area contributed by atoms with Crippen molar-refractivity contribution < 1.29 is 19.1 Å². The van der Waals surface area contributed by atoms with Crippen molar-refractivity contribution in [2.24, 2.45) is 0 Å². The fourth-order valence-corrected chi connectivity index (χ4v) is 3.30. The standard InChI is InChI=1S/C18H23N3O4/c1-2-19-15(22)11-21-10-9-18(8-7-16(21)23)12-20-17(24)13-5-3-4-6-14(13)25-18/h3-6H,2,7-12H2,1H3,(H,19,22)(H,20,24)/t18-/m0/s1. The largest absolute Gasteiger partial charge is 0.485 e. The Balaban J connectivity index is 1.76. The Morgan fingerprint density at radius 3 is 2.92 bits per heavy atom. The van der Waals surface area contributed by atoms with Gasteiger partial charge in [-0.3, -0.25) is 14.4 Å². The number of carbonyl (C=O) groups is 3. The summed E-state index contributed by atoms with van der Waals surface area (Å²) in [4.78, 5) is 38.0. The van der Waals surface area contributed by atoms with E-state index in [1.54, 1.807) is 23.1 Å². The van der Waals surface area contributed by atoms with Crippen molar-refractivity contribution in [1.82, 2.24) is 15.5 Å². The predicted molar refractivity (Wildman–Crippen MR) is 91.2 cm³/mol. The Hall–Kier alpha value is -2.57. The third-order valence-corrected chi connectivity index (χ3v) is 4.72. The van der Waals surface area contributed by atoms with Gasteiger partial charge in [0.25, 0.3) is 5.91 Å². The molecule has 0 saturated carbocycles. The summed E-state index contributed by atoms with van der Waals surface area (Å²) < 4.78 is 6.22. The topological polar surface area (TPSA) is 87.7 Å². The number of rotatable bonds is 3. The Labute approximate surface area is 146 Å². The van der Waals surface area contributed by atoms with Gasteiger partial charge in [-0.05, 0) is 25.5 Å². The molecule has 1 spiro atoms. The van der Waals surface area contributed by atoms with Gasteiger partial charge in [0, 0.05) is 25.9 Å². The molecule has 3 rings (SSSR count). The molecule has 0 bridgehead atoms. The second kappa shape index (κ2) is 7.13.